The summed E-state index contributed by atoms with van der Waals surface area (Å²) in [4.78, 5) is 24.0. The zero-order chi connectivity index (χ0) is 11.9. The molecule has 0 aliphatic carbocycles. The van der Waals surface area contributed by atoms with Crippen molar-refractivity contribution in [1.29, 1.82) is 0 Å². The second kappa shape index (κ2) is 4.35. The lowest BCUT2D eigenvalue weighted by atomic mass is 10.3. The number of Topliss-reactive ketones (excluding diaryl/α,β-unsaturated/α-hetero) is 1. The summed E-state index contributed by atoms with van der Waals surface area (Å²) in [5.74, 6) is -0.320. The van der Waals surface area contributed by atoms with Crippen LogP contribution in [0.2, 0.25) is 10.0 Å². The van der Waals surface area contributed by atoms with Crippen LogP contribution in [0.25, 0.3) is 0 Å². The highest BCUT2D eigenvalue weighted by Crippen LogP contribution is 2.35. The normalized spacial score (nSPS) is 16.1. The molecule has 0 atom stereocenters. The molecule has 6 heteroatoms. The predicted octanol–water partition coefficient (Wildman–Crippen LogP) is 3.06. The second-order valence-corrected chi connectivity index (χ2v) is 5.03. The highest BCUT2D eigenvalue weighted by atomic mass is 79.9. The van der Waals surface area contributed by atoms with Gasteiger partial charge in [0, 0.05) is 5.69 Å². The number of hydrogen-bond donors (Lipinski definition) is 0. The number of carbonyl (C=O) groups is 2. The van der Waals surface area contributed by atoms with Gasteiger partial charge in [-0.05, 0) is 28.1 Å². The minimum absolute atomic E-state index is 0.0503. The molecule has 0 spiro atoms. The molecule has 2 rings (SSSR count). The first-order valence-electron chi connectivity index (χ1n) is 4.45. The van der Waals surface area contributed by atoms with Crippen LogP contribution < -0.4 is 4.90 Å². The maximum Gasteiger partial charge on any atom is 0.234 e. The molecular weight excluding hydrogens is 317 g/mol. The van der Waals surface area contributed by atoms with Crippen LogP contribution in [0.5, 0.6) is 0 Å². The van der Waals surface area contributed by atoms with Gasteiger partial charge in [0.15, 0.2) is 5.78 Å². The van der Waals surface area contributed by atoms with Crippen LogP contribution in [0, 0.1) is 0 Å². The van der Waals surface area contributed by atoms with Crippen LogP contribution >= 0.6 is 39.1 Å². The monoisotopic (exact) mass is 321 g/mol. The van der Waals surface area contributed by atoms with Crippen molar-refractivity contribution in [1.82, 2.24) is 0 Å². The lowest BCUT2D eigenvalue weighted by Crippen LogP contribution is -2.24. The summed E-state index contributed by atoms with van der Waals surface area (Å²) in [6.45, 7) is 0.0904. The third kappa shape index (κ3) is 2.10. The molecule has 1 aromatic carbocycles. The number of halogens is 3. The van der Waals surface area contributed by atoms with Gasteiger partial charge in [-0.2, -0.15) is 0 Å². The molecule has 0 unspecified atom stereocenters. The summed E-state index contributed by atoms with van der Waals surface area (Å²) in [5, 5.41) is 0.823. The summed E-state index contributed by atoms with van der Waals surface area (Å²) in [7, 11) is 0. The van der Waals surface area contributed by atoms with E-state index in [1.54, 1.807) is 12.1 Å². The SMILES string of the molecule is O=C1CC(=O)N(c2cc(Cl)c(Br)c(Cl)c2)C1. The zero-order valence-corrected chi connectivity index (χ0v) is 11.1. The summed E-state index contributed by atoms with van der Waals surface area (Å²) in [6.07, 6.45) is -0.0503. The van der Waals surface area contributed by atoms with Gasteiger partial charge in [-0.15, -0.1) is 0 Å². The van der Waals surface area contributed by atoms with Gasteiger partial charge in [0.1, 0.15) is 0 Å². The zero-order valence-electron chi connectivity index (χ0n) is 7.97. The number of amides is 1. The van der Waals surface area contributed by atoms with Crippen LogP contribution in [0.3, 0.4) is 0 Å². The molecule has 16 heavy (non-hydrogen) atoms. The van der Waals surface area contributed by atoms with Crippen molar-refractivity contribution in [3.05, 3.63) is 26.7 Å². The Kier molecular flexibility index (Phi) is 3.24. The summed E-state index contributed by atoms with van der Waals surface area (Å²) in [5.41, 5.74) is 0.550. The maximum absolute atomic E-state index is 11.5. The Morgan fingerprint density at radius 1 is 1.19 bits per heavy atom. The highest BCUT2D eigenvalue weighted by molar-refractivity contribution is 9.10. The van der Waals surface area contributed by atoms with Gasteiger partial charge < -0.3 is 4.90 Å². The Morgan fingerprint density at radius 2 is 1.75 bits per heavy atom. The van der Waals surface area contributed by atoms with Crippen LogP contribution in [0.4, 0.5) is 5.69 Å². The summed E-state index contributed by atoms with van der Waals surface area (Å²) >= 11 is 15.1. The lowest BCUT2D eigenvalue weighted by Gasteiger charge is -2.16. The standard InChI is InChI=1S/C10H6BrCl2NO2/c11-10-7(12)1-5(2-8(10)13)14-4-6(15)3-9(14)16/h1-2H,3-4H2. The molecule has 0 saturated carbocycles. The number of nitrogens with zero attached hydrogens (tertiary/aromatic N) is 1. The van der Waals surface area contributed by atoms with Gasteiger partial charge in [-0.3, -0.25) is 9.59 Å². The fraction of sp³-hybridized carbons (Fsp3) is 0.200. The van der Waals surface area contributed by atoms with Crippen molar-refractivity contribution in [2.75, 3.05) is 11.4 Å². The first-order valence-corrected chi connectivity index (χ1v) is 6.00. The first-order chi connectivity index (χ1) is 7.49. The molecule has 1 heterocycles. The van der Waals surface area contributed by atoms with Gasteiger partial charge in [0.05, 0.1) is 27.5 Å². The molecule has 1 fully saturated rings. The Bertz CT molecular complexity index is 467. The van der Waals surface area contributed by atoms with E-state index in [1.807, 2.05) is 0 Å². The van der Waals surface area contributed by atoms with Crippen molar-refractivity contribution in [3.8, 4) is 0 Å². The number of benzene rings is 1. The largest absolute Gasteiger partial charge is 0.304 e. The average molecular weight is 323 g/mol. The van der Waals surface area contributed by atoms with E-state index in [4.69, 9.17) is 23.2 Å². The third-order valence-corrected chi connectivity index (χ3v) is 4.17. The Morgan fingerprint density at radius 3 is 2.19 bits per heavy atom. The predicted molar refractivity (Wildman–Crippen MR) is 66.1 cm³/mol. The quantitative estimate of drug-likeness (QED) is 0.588. The molecule has 1 amide bonds. The Labute approximate surface area is 110 Å². The first kappa shape index (κ1) is 11.9. The average Bonchev–Trinajstić information content (AvgIpc) is 2.53. The number of anilines is 1. The fourth-order valence-electron chi connectivity index (χ4n) is 1.52. The number of hydrogen-bond acceptors (Lipinski definition) is 2. The van der Waals surface area contributed by atoms with Gasteiger partial charge in [0.2, 0.25) is 5.91 Å². The van der Waals surface area contributed by atoms with Gasteiger partial charge in [-0.1, -0.05) is 23.2 Å². The van der Waals surface area contributed by atoms with Crippen molar-refractivity contribution < 1.29 is 9.59 Å². The van der Waals surface area contributed by atoms with Crippen molar-refractivity contribution >= 4 is 56.5 Å². The maximum atomic E-state index is 11.5. The molecule has 3 nitrogen and oxygen atoms in total. The topological polar surface area (TPSA) is 37.4 Å². The molecule has 1 saturated heterocycles. The van der Waals surface area contributed by atoms with Crippen LogP contribution in [-0.2, 0) is 9.59 Å². The molecule has 0 radical (unpaired) electrons. The van der Waals surface area contributed by atoms with E-state index >= 15 is 0 Å². The lowest BCUT2D eigenvalue weighted by molar-refractivity contribution is -0.121. The Hall–Kier alpha value is -0.580. The molecule has 0 aromatic heterocycles. The number of ketones is 1. The molecule has 1 aliphatic rings. The van der Waals surface area contributed by atoms with E-state index in [-0.39, 0.29) is 24.7 Å². The van der Waals surface area contributed by atoms with Crippen LogP contribution in [-0.4, -0.2) is 18.2 Å². The van der Waals surface area contributed by atoms with E-state index < -0.39 is 0 Å². The molecule has 1 aromatic rings. The van der Waals surface area contributed by atoms with Crippen molar-refractivity contribution in [2.24, 2.45) is 0 Å². The van der Waals surface area contributed by atoms with Gasteiger partial charge in [0.25, 0.3) is 0 Å². The number of carbonyl (C=O) groups excluding carboxylic acids is 2. The van der Waals surface area contributed by atoms with Crippen LogP contribution in [0.15, 0.2) is 16.6 Å². The third-order valence-electron chi connectivity index (χ3n) is 2.26. The highest BCUT2D eigenvalue weighted by Gasteiger charge is 2.29. The number of rotatable bonds is 1. The Balaban J connectivity index is 2.42. The minimum Gasteiger partial charge on any atom is -0.304 e. The fourth-order valence-corrected chi connectivity index (χ4v) is 2.22. The van der Waals surface area contributed by atoms with E-state index in [1.165, 1.54) is 4.90 Å². The molecule has 0 bridgehead atoms. The van der Waals surface area contributed by atoms with Gasteiger partial charge >= 0.3 is 0 Å². The summed E-state index contributed by atoms with van der Waals surface area (Å²) in [6, 6.07) is 3.21. The smallest absolute Gasteiger partial charge is 0.234 e. The molecule has 84 valence electrons. The minimum atomic E-state index is -0.223. The van der Waals surface area contributed by atoms with E-state index in [9.17, 15) is 9.59 Å². The van der Waals surface area contributed by atoms with Crippen molar-refractivity contribution in [2.45, 2.75) is 6.42 Å². The molecule has 0 N–H and O–H groups in total. The van der Waals surface area contributed by atoms with E-state index in [0.717, 1.165) is 0 Å². The van der Waals surface area contributed by atoms with Crippen LogP contribution in [0.1, 0.15) is 6.42 Å². The van der Waals surface area contributed by atoms with E-state index in [0.29, 0.717) is 20.2 Å². The molecule has 1 aliphatic heterocycles. The molecular formula is C10H6BrCl2NO2. The summed E-state index contributed by atoms with van der Waals surface area (Å²) < 4.78 is 0.581. The van der Waals surface area contributed by atoms with Crippen molar-refractivity contribution in [3.63, 3.8) is 0 Å². The second-order valence-electron chi connectivity index (χ2n) is 3.42. The van der Waals surface area contributed by atoms with Gasteiger partial charge in [-0.25, -0.2) is 0 Å². The van der Waals surface area contributed by atoms with E-state index in [2.05, 4.69) is 15.9 Å².